The molecule has 46 heavy (non-hydrogen) atoms. The van der Waals surface area contributed by atoms with E-state index < -0.39 is 41.2 Å². The fourth-order valence-electron chi connectivity index (χ4n) is 4.34. The average molecular weight is 644 g/mol. The van der Waals surface area contributed by atoms with Gasteiger partial charge in [0.05, 0.1) is 24.3 Å². The maximum Gasteiger partial charge on any atom is 0.491 e. The molecule has 0 saturated heterocycles. The van der Waals surface area contributed by atoms with Gasteiger partial charge in [-0.05, 0) is 61.5 Å². The van der Waals surface area contributed by atoms with E-state index in [9.17, 15) is 32.3 Å². The summed E-state index contributed by atoms with van der Waals surface area (Å²) in [7, 11) is 1.45. The minimum Gasteiger partial charge on any atom is -0.490 e. The molecule has 4 rings (SSSR count). The van der Waals surface area contributed by atoms with Crippen LogP contribution in [-0.2, 0) is 24.8 Å². The van der Waals surface area contributed by atoms with Crippen LogP contribution in [0.5, 0.6) is 11.5 Å². The molecule has 1 aliphatic rings. The van der Waals surface area contributed by atoms with Gasteiger partial charge in [0.15, 0.2) is 11.5 Å². The first kappa shape index (κ1) is 33.3. The van der Waals surface area contributed by atoms with Crippen molar-refractivity contribution in [1.82, 2.24) is 10.4 Å². The zero-order valence-electron chi connectivity index (χ0n) is 24.4. The number of esters is 1. The number of amides is 3. The lowest BCUT2D eigenvalue weighted by molar-refractivity contribution is -0.213. The first-order valence-electron chi connectivity index (χ1n) is 13.5. The second kappa shape index (κ2) is 13.6. The lowest BCUT2D eigenvalue weighted by Gasteiger charge is -2.35. The van der Waals surface area contributed by atoms with Crippen LogP contribution in [0, 0.1) is 5.41 Å². The lowest BCUT2D eigenvalue weighted by Crippen LogP contribution is -2.59. The zero-order valence-corrected chi connectivity index (χ0v) is 24.4. The van der Waals surface area contributed by atoms with E-state index in [1.165, 1.54) is 61.7 Å². The first-order valence-corrected chi connectivity index (χ1v) is 13.5. The molecule has 3 aromatic rings. The van der Waals surface area contributed by atoms with E-state index >= 15 is 0 Å². The molecule has 1 aliphatic heterocycles. The maximum absolute atomic E-state index is 14.2. The number of nitrogens with one attached hydrogen (secondary N) is 3. The van der Waals surface area contributed by atoms with E-state index in [0.29, 0.717) is 5.01 Å². The van der Waals surface area contributed by atoms with Crippen molar-refractivity contribution in [1.29, 1.82) is 5.41 Å². The van der Waals surface area contributed by atoms with Gasteiger partial charge in [0.25, 0.3) is 17.5 Å². The summed E-state index contributed by atoms with van der Waals surface area (Å²) >= 11 is 0. The molecule has 3 amide bonds. The minimum atomic E-state index is -5.59. The number of carbonyl (C=O) groups is 4. The molecule has 0 fully saturated rings. The highest BCUT2D eigenvalue weighted by Crippen LogP contribution is 2.38. The van der Waals surface area contributed by atoms with Crippen LogP contribution in [0.1, 0.15) is 38.8 Å². The number of amidine groups is 1. The fraction of sp³-hybridized carbons (Fsp3) is 0.233. The van der Waals surface area contributed by atoms with Crippen molar-refractivity contribution in [3.8, 4) is 11.5 Å². The predicted molar refractivity (Wildman–Crippen MR) is 155 cm³/mol. The molecule has 0 radical (unpaired) electrons. The Hall–Kier alpha value is -5.64. The molecule has 0 bridgehead atoms. The van der Waals surface area contributed by atoms with Gasteiger partial charge in [-0.15, -0.1) is 0 Å². The van der Waals surface area contributed by atoms with Crippen molar-refractivity contribution in [3.05, 3.63) is 89.0 Å². The Labute approximate surface area is 259 Å². The van der Waals surface area contributed by atoms with Gasteiger partial charge in [-0.25, -0.2) is 4.79 Å². The third-order valence-corrected chi connectivity index (χ3v) is 6.52. The molecule has 1 heterocycles. The Balaban J connectivity index is 1.88. The fourth-order valence-corrected chi connectivity index (χ4v) is 4.34. The third-order valence-electron chi connectivity index (χ3n) is 6.52. The number of ether oxygens (including phenoxy) is 4. The van der Waals surface area contributed by atoms with Crippen LogP contribution in [-0.4, -0.2) is 67.6 Å². The number of carbonyl (C=O) groups excluding carboxylic acids is 4. The van der Waals surface area contributed by atoms with Crippen molar-refractivity contribution in [2.45, 2.75) is 18.8 Å². The highest BCUT2D eigenvalue weighted by atomic mass is 19.4. The third kappa shape index (κ3) is 6.86. The van der Waals surface area contributed by atoms with E-state index in [1.54, 1.807) is 6.92 Å². The summed E-state index contributed by atoms with van der Waals surface area (Å²) in [5.41, 5.74) is 4.00. The number of nitrogen functional groups attached to an aromatic ring is 1. The number of hydrogen-bond acceptors (Lipinski definition) is 10. The highest BCUT2D eigenvalue weighted by molar-refractivity contribution is 6.22. The average Bonchev–Trinajstić information content (AvgIpc) is 3.26. The molecule has 16 heteroatoms. The van der Waals surface area contributed by atoms with E-state index in [2.05, 4.69) is 5.32 Å². The van der Waals surface area contributed by atoms with Gasteiger partial charge in [-0.3, -0.25) is 25.2 Å². The Morgan fingerprint density at radius 2 is 1.54 bits per heavy atom. The van der Waals surface area contributed by atoms with Crippen LogP contribution in [0.4, 0.5) is 18.9 Å². The molecular formula is C30H28F3N5O8. The van der Waals surface area contributed by atoms with Gasteiger partial charge in [-0.1, -0.05) is 12.1 Å². The number of imide groups is 1. The number of nitrogens with zero attached hydrogens (tertiary/aromatic N) is 1. The summed E-state index contributed by atoms with van der Waals surface area (Å²) in [5.74, 6) is -6.56. The van der Waals surface area contributed by atoms with Crippen LogP contribution in [0.15, 0.2) is 66.7 Å². The van der Waals surface area contributed by atoms with Crippen LogP contribution in [0.25, 0.3) is 0 Å². The number of hydrazine groups is 1. The summed E-state index contributed by atoms with van der Waals surface area (Å²) in [5, 5.41) is 10.4. The lowest BCUT2D eigenvalue weighted by atomic mass is 9.99. The molecule has 13 nitrogen and oxygen atoms in total. The Kier molecular flexibility index (Phi) is 9.80. The first-order chi connectivity index (χ1) is 21.8. The summed E-state index contributed by atoms with van der Waals surface area (Å²) in [6.45, 7) is 1.92. The largest absolute Gasteiger partial charge is 0.491 e. The van der Waals surface area contributed by atoms with E-state index in [0.717, 1.165) is 12.1 Å². The monoisotopic (exact) mass is 643 g/mol. The van der Waals surface area contributed by atoms with Gasteiger partial charge in [0.2, 0.25) is 0 Å². The number of rotatable bonds is 13. The smallest absolute Gasteiger partial charge is 0.490 e. The molecule has 1 atom stereocenters. The summed E-state index contributed by atoms with van der Waals surface area (Å²) in [6, 6.07) is 14.3. The molecule has 3 aromatic carbocycles. The predicted octanol–water partition coefficient (Wildman–Crippen LogP) is 3.09. The van der Waals surface area contributed by atoms with Gasteiger partial charge in [-0.2, -0.15) is 18.2 Å². The second-order valence-electron chi connectivity index (χ2n) is 9.55. The van der Waals surface area contributed by atoms with Gasteiger partial charge < -0.3 is 30.0 Å². The maximum atomic E-state index is 14.2. The minimum absolute atomic E-state index is 0.0502. The van der Waals surface area contributed by atoms with Crippen molar-refractivity contribution in [2.75, 3.05) is 32.2 Å². The van der Waals surface area contributed by atoms with Crippen molar-refractivity contribution < 1.29 is 51.3 Å². The number of methoxy groups -OCH3 is 1. The number of benzene rings is 3. The topological polar surface area (TPSA) is 182 Å². The van der Waals surface area contributed by atoms with Crippen molar-refractivity contribution in [3.63, 3.8) is 0 Å². The van der Waals surface area contributed by atoms with E-state index in [-0.39, 0.29) is 59.5 Å². The Bertz CT molecular complexity index is 1630. The number of nitrogens with two attached hydrogens (primary N) is 1. The normalized spacial score (nSPS) is 13.8. The van der Waals surface area contributed by atoms with E-state index in [1.807, 2.05) is 5.43 Å². The highest BCUT2D eigenvalue weighted by Gasteiger charge is 2.53. The van der Waals surface area contributed by atoms with Gasteiger partial charge in [0.1, 0.15) is 12.4 Å². The van der Waals surface area contributed by atoms with Crippen LogP contribution in [0.2, 0.25) is 0 Å². The molecule has 1 unspecified atom stereocenters. The quantitative estimate of drug-likeness (QED) is 0.0539. The van der Waals surface area contributed by atoms with Gasteiger partial charge in [0, 0.05) is 23.9 Å². The van der Waals surface area contributed by atoms with Crippen LogP contribution >= 0.6 is 0 Å². The standard InChI is InChI=1S/C30H28F3N5O8/c1-3-44-23-16-18(10-13-22(23)45-15-14-43-2)29(46-28(42)30(31,32)33,36-19-11-8-17(9-12-19)24(34)35)27(41)37-38-25(39)20-6-4-5-7-21(20)26(38)40/h4-13,16,36H,3,14-15H2,1-2H3,(H3,34,35)(H,37,41). The number of hydrogen-bond donors (Lipinski definition) is 4. The second-order valence-corrected chi connectivity index (χ2v) is 9.55. The summed E-state index contributed by atoms with van der Waals surface area (Å²) in [4.78, 5) is 52.7. The molecule has 0 aliphatic carbocycles. The van der Waals surface area contributed by atoms with Gasteiger partial charge >= 0.3 is 18.1 Å². The number of anilines is 1. The molecule has 5 N–H and O–H groups in total. The Morgan fingerprint density at radius 3 is 2.09 bits per heavy atom. The number of fused-ring (bicyclic) bond motifs is 1. The van der Waals surface area contributed by atoms with Crippen molar-refractivity contribution >= 4 is 35.2 Å². The van der Waals surface area contributed by atoms with Crippen LogP contribution < -0.4 is 25.9 Å². The Morgan fingerprint density at radius 1 is 0.913 bits per heavy atom. The van der Waals surface area contributed by atoms with Crippen LogP contribution in [0.3, 0.4) is 0 Å². The van der Waals surface area contributed by atoms with Crippen molar-refractivity contribution in [2.24, 2.45) is 5.73 Å². The summed E-state index contributed by atoms with van der Waals surface area (Å²) < 4.78 is 62.4. The number of alkyl halides is 3. The zero-order chi connectivity index (χ0) is 33.6. The molecular weight excluding hydrogens is 615 g/mol. The molecule has 0 aromatic heterocycles. The SMILES string of the molecule is CCOc1cc(C(Nc2ccc(C(=N)N)cc2)(OC(=O)C(F)(F)F)C(=O)NN2C(=O)c3ccccc3C2=O)ccc1OCCOC. The summed E-state index contributed by atoms with van der Waals surface area (Å²) in [6.07, 6.45) is -5.59. The molecule has 242 valence electrons. The molecule has 0 saturated carbocycles. The van der Waals surface area contributed by atoms with E-state index in [4.69, 9.17) is 30.1 Å². The number of halogens is 3. The molecule has 0 spiro atoms.